The van der Waals surface area contributed by atoms with Crippen LogP contribution in [0.15, 0.2) is 36.5 Å². The third-order valence-corrected chi connectivity index (χ3v) is 3.53. The second kappa shape index (κ2) is 5.65. The zero-order valence-electron chi connectivity index (χ0n) is 11.7. The van der Waals surface area contributed by atoms with E-state index in [0.717, 1.165) is 5.56 Å². The van der Waals surface area contributed by atoms with Crippen molar-refractivity contribution >= 4 is 23.2 Å². The lowest BCUT2D eigenvalue weighted by molar-refractivity contribution is 0.0592. The number of carbonyl (C=O) groups excluding carboxylic acids is 1. The van der Waals surface area contributed by atoms with Gasteiger partial charge in [0.1, 0.15) is 0 Å². The Morgan fingerprint density at radius 2 is 2.05 bits per heavy atom. The van der Waals surface area contributed by atoms with Gasteiger partial charge in [-0.1, -0.05) is 23.7 Å². The molecule has 0 aliphatic heterocycles. The highest BCUT2D eigenvalue weighted by molar-refractivity contribution is 6.30. The lowest BCUT2D eigenvalue weighted by Gasteiger charge is -2.11. The summed E-state index contributed by atoms with van der Waals surface area (Å²) in [5, 5.41) is 15.0. The molecule has 2 aromatic heterocycles. The van der Waals surface area contributed by atoms with Gasteiger partial charge < -0.3 is 9.84 Å². The van der Waals surface area contributed by atoms with Gasteiger partial charge in [0.2, 0.25) is 5.88 Å². The average Bonchev–Trinajstić information content (AvgIpc) is 3.00. The first-order chi connectivity index (χ1) is 10.6. The number of aromatic nitrogens is 3. The number of benzene rings is 1. The third kappa shape index (κ3) is 2.48. The van der Waals surface area contributed by atoms with Gasteiger partial charge in [-0.15, -0.1) is 0 Å². The van der Waals surface area contributed by atoms with Gasteiger partial charge in [0.25, 0.3) is 0 Å². The number of fused-ring (bicyclic) bond motifs is 1. The first-order valence-electron chi connectivity index (χ1n) is 6.48. The van der Waals surface area contributed by atoms with Gasteiger partial charge in [-0.05, 0) is 17.7 Å². The van der Waals surface area contributed by atoms with Gasteiger partial charge in [-0.3, -0.25) is 0 Å². The fourth-order valence-electron chi connectivity index (χ4n) is 2.19. The highest BCUT2D eigenvalue weighted by Crippen LogP contribution is 2.25. The summed E-state index contributed by atoms with van der Waals surface area (Å²) in [6.07, 6.45) is 1.80. The summed E-state index contributed by atoms with van der Waals surface area (Å²) < 4.78 is 6.03. The summed E-state index contributed by atoms with van der Waals surface area (Å²) in [4.78, 5) is 16.2. The fourth-order valence-corrected chi connectivity index (χ4v) is 2.32. The minimum atomic E-state index is -0.608. The van der Waals surface area contributed by atoms with E-state index in [4.69, 9.17) is 16.3 Å². The van der Waals surface area contributed by atoms with Crippen molar-refractivity contribution < 1.29 is 14.6 Å². The molecule has 3 aromatic rings. The molecule has 3 rings (SSSR count). The zero-order chi connectivity index (χ0) is 15.7. The molecule has 2 heterocycles. The molecule has 0 aliphatic rings. The maximum absolute atomic E-state index is 11.9. The number of hydrogen-bond donors (Lipinski definition) is 1. The molecule has 0 bridgehead atoms. The lowest BCUT2D eigenvalue weighted by Crippen LogP contribution is -2.12. The first kappa shape index (κ1) is 14.3. The molecule has 22 heavy (non-hydrogen) atoms. The van der Waals surface area contributed by atoms with E-state index < -0.39 is 5.97 Å². The molecule has 0 spiro atoms. The minimum Gasteiger partial charge on any atom is -0.493 e. The van der Waals surface area contributed by atoms with Crippen LogP contribution in [0.3, 0.4) is 0 Å². The molecule has 112 valence electrons. The predicted octanol–water partition coefficient (Wildman–Crippen LogP) is 2.47. The Hall–Kier alpha value is -2.60. The Kier molecular flexibility index (Phi) is 3.68. The van der Waals surface area contributed by atoms with Crippen LogP contribution in [-0.4, -0.2) is 32.8 Å². The molecule has 6 nitrogen and oxygen atoms in total. The number of nitrogens with zero attached hydrogens (tertiary/aromatic N) is 3. The minimum absolute atomic E-state index is 0.0722. The van der Waals surface area contributed by atoms with E-state index in [1.54, 1.807) is 18.2 Å². The predicted molar refractivity (Wildman–Crippen MR) is 80.2 cm³/mol. The van der Waals surface area contributed by atoms with Crippen LogP contribution in [0.4, 0.5) is 0 Å². The highest BCUT2D eigenvalue weighted by Gasteiger charge is 2.21. The van der Waals surface area contributed by atoms with Crippen LogP contribution in [0.25, 0.3) is 5.65 Å². The van der Waals surface area contributed by atoms with Crippen molar-refractivity contribution in [2.75, 3.05) is 7.11 Å². The van der Waals surface area contributed by atoms with Crippen LogP contribution in [0, 0.1) is 0 Å². The maximum Gasteiger partial charge on any atom is 0.357 e. The molecule has 0 radical (unpaired) electrons. The molecule has 0 unspecified atom stereocenters. The number of esters is 1. The number of hydrogen-bond acceptors (Lipinski definition) is 5. The molecular weight excluding hydrogens is 306 g/mol. The third-order valence-electron chi connectivity index (χ3n) is 3.28. The summed E-state index contributed by atoms with van der Waals surface area (Å²) in [6.45, 7) is 0. The molecule has 0 fully saturated rings. The maximum atomic E-state index is 11.9. The van der Waals surface area contributed by atoms with Crippen molar-refractivity contribution in [2.24, 2.45) is 0 Å². The number of ether oxygens (including phenoxy) is 1. The van der Waals surface area contributed by atoms with Crippen molar-refractivity contribution in [2.45, 2.75) is 6.42 Å². The molecule has 1 N–H and O–H groups in total. The molecule has 0 saturated heterocycles. The van der Waals surface area contributed by atoms with Gasteiger partial charge in [0.15, 0.2) is 11.3 Å². The van der Waals surface area contributed by atoms with Gasteiger partial charge in [-0.25, -0.2) is 9.78 Å². The van der Waals surface area contributed by atoms with E-state index >= 15 is 0 Å². The SMILES string of the molecule is COC(=O)c1nc2ccnn2c(O)c1Cc1ccc(Cl)cc1. The van der Waals surface area contributed by atoms with E-state index in [1.807, 2.05) is 12.1 Å². The topological polar surface area (TPSA) is 76.7 Å². The summed E-state index contributed by atoms with van der Waals surface area (Å²) in [7, 11) is 1.27. The van der Waals surface area contributed by atoms with Crippen molar-refractivity contribution in [1.29, 1.82) is 0 Å². The molecular formula is C15H12ClN3O3. The molecule has 1 aromatic carbocycles. The smallest absolute Gasteiger partial charge is 0.357 e. The van der Waals surface area contributed by atoms with Crippen LogP contribution in [0.5, 0.6) is 5.88 Å². The van der Waals surface area contributed by atoms with Gasteiger partial charge in [0, 0.05) is 17.5 Å². The number of carbonyl (C=O) groups is 1. The second-order valence-electron chi connectivity index (χ2n) is 4.66. The Bertz CT molecular complexity index is 843. The monoisotopic (exact) mass is 317 g/mol. The second-order valence-corrected chi connectivity index (χ2v) is 5.10. The fraction of sp³-hybridized carbons (Fsp3) is 0.133. The largest absolute Gasteiger partial charge is 0.493 e. The van der Waals surface area contributed by atoms with E-state index in [2.05, 4.69) is 10.1 Å². The summed E-state index contributed by atoms with van der Waals surface area (Å²) in [6, 6.07) is 8.71. The van der Waals surface area contributed by atoms with Crippen LogP contribution in [0.2, 0.25) is 5.02 Å². The van der Waals surface area contributed by atoms with E-state index in [-0.39, 0.29) is 11.6 Å². The Morgan fingerprint density at radius 1 is 1.32 bits per heavy atom. The molecule has 0 aliphatic carbocycles. The zero-order valence-corrected chi connectivity index (χ0v) is 12.4. The Labute approximate surface area is 130 Å². The van der Waals surface area contributed by atoms with Crippen molar-refractivity contribution in [3.63, 3.8) is 0 Å². The molecule has 0 saturated carbocycles. The molecule has 0 atom stereocenters. The van der Waals surface area contributed by atoms with Crippen molar-refractivity contribution in [3.8, 4) is 5.88 Å². The van der Waals surface area contributed by atoms with Crippen molar-refractivity contribution in [1.82, 2.24) is 14.6 Å². The molecule has 0 amide bonds. The van der Waals surface area contributed by atoms with E-state index in [9.17, 15) is 9.90 Å². The first-order valence-corrected chi connectivity index (χ1v) is 6.86. The van der Waals surface area contributed by atoms with E-state index in [0.29, 0.717) is 22.7 Å². The van der Waals surface area contributed by atoms with Crippen LogP contribution >= 0.6 is 11.6 Å². The number of rotatable bonds is 3. The highest BCUT2D eigenvalue weighted by atomic mass is 35.5. The average molecular weight is 318 g/mol. The van der Waals surface area contributed by atoms with Gasteiger partial charge in [0.05, 0.1) is 18.9 Å². The van der Waals surface area contributed by atoms with Crippen LogP contribution in [-0.2, 0) is 11.2 Å². The number of aromatic hydroxyl groups is 1. The quantitative estimate of drug-likeness (QED) is 0.751. The van der Waals surface area contributed by atoms with Crippen LogP contribution in [0.1, 0.15) is 21.6 Å². The lowest BCUT2D eigenvalue weighted by atomic mass is 10.0. The number of methoxy groups -OCH3 is 1. The standard InChI is InChI=1S/C15H12ClN3O3/c1-22-15(21)13-11(8-9-2-4-10(16)5-3-9)14(20)19-12(18-13)6-7-17-19/h2-7,20H,8H2,1H3. The van der Waals surface area contributed by atoms with Gasteiger partial charge in [-0.2, -0.15) is 9.61 Å². The van der Waals surface area contributed by atoms with Crippen LogP contribution < -0.4 is 0 Å². The Morgan fingerprint density at radius 3 is 2.73 bits per heavy atom. The Balaban J connectivity index is 2.14. The van der Waals surface area contributed by atoms with Gasteiger partial charge >= 0.3 is 5.97 Å². The summed E-state index contributed by atoms with van der Waals surface area (Å²) in [5.41, 5.74) is 1.67. The summed E-state index contributed by atoms with van der Waals surface area (Å²) in [5.74, 6) is -0.742. The number of halogens is 1. The summed E-state index contributed by atoms with van der Waals surface area (Å²) >= 11 is 5.86. The normalized spacial score (nSPS) is 10.8. The van der Waals surface area contributed by atoms with Crippen molar-refractivity contribution in [3.05, 3.63) is 58.4 Å². The van der Waals surface area contributed by atoms with E-state index in [1.165, 1.54) is 17.8 Å². The molecule has 7 heteroatoms.